The maximum absolute atomic E-state index is 13.8. The Morgan fingerprint density at radius 3 is 2.55 bits per heavy atom. The number of nitrogens with zero attached hydrogens (tertiary/aromatic N) is 3. The largest absolute Gasteiger partial charge is 0.468 e. The molecule has 29 heavy (non-hydrogen) atoms. The summed E-state index contributed by atoms with van der Waals surface area (Å²) in [6.07, 6.45) is 0. The number of carbonyl (C=O) groups is 2. The topological polar surface area (TPSA) is 86.1 Å². The number of esters is 1. The quantitative estimate of drug-likeness (QED) is 0.451. The summed E-state index contributed by atoms with van der Waals surface area (Å²) in [4.78, 5) is 23.8. The van der Waals surface area contributed by atoms with Crippen molar-refractivity contribution in [3.8, 4) is 0 Å². The molecule has 1 N–H and O–H groups in total. The van der Waals surface area contributed by atoms with Gasteiger partial charge in [-0.15, -0.1) is 10.2 Å². The average molecular weight is 414 g/mol. The van der Waals surface area contributed by atoms with Crippen molar-refractivity contribution in [2.45, 2.75) is 18.2 Å². The summed E-state index contributed by atoms with van der Waals surface area (Å²) < 4.78 is 20.3. The number of rotatable bonds is 8. The molecule has 0 atom stereocenters. The van der Waals surface area contributed by atoms with Gasteiger partial charge in [0.25, 0.3) is 5.91 Å². The fourth-order valence-electron chi connectivity index (χ4n) is 2.56. The molecule has 1 aromatic heterocycles. The molecule has 0 bridgehead atoms. The molecule has 3 aromatic rings. The number of hydrogen-bond donors (Lipinski definition) is 1. The van der Waals surface area contributed by atoms with Crippen LogP contribution in [0.3, 0.4) is 0 Å². The van der Waals surface area contributed by atoms with Crippen molar-refractivity contribution < 1.29 is 18.7 Å². The van der Waals surface area contributed by atoms with Crippen molar-refractivity contribution in [3.05, 3.63) is 77.4 Å². The van der Waals surface area contributed by atoms with Crippen molar-refractivity contribution in [3.63, 3.8) is 0 Å². The molecule has 7 nitrogen and oxygen atoms in total. The van der Waals surface area contributed by atoms with Crippen LogP contribution in [0.25, 0.3) is 0 Å². The predicted octanol–water partition coefficient (Wildman–Crippen LogP) is 2.66. The molecular weight excluding hydrogens is 395 g/mol. The Hall–Kier alpha value is -3.20. The third-order valence-corrected chi connectivity index (χ3v) is 4.99. The molecule has 2 aromatic carbocycles. The molecule has 0 fully saturated rings. The SMILES string of the molecule is COC(=O)CSc1nnc(CNC(=O)c2ccccc2F)n1Cc1ccccc1. The number of thioether (sulfide) groups is 1. The zero-order valence-electron chi connectivity index (χ0n) is 15.7. The number of methoxy groups -OCH3 is 1. The van der Waals surface area contributed by atoms with Gasteiger partial charge in [0.15, 0.2) is 11.0 Å². The van der Waals surface area contributed by atoms with Gasteiger partial charge in [0.05, 0.1) is 31.5 Å². The van der Waals surface area contributed by atoms with Gasteiger partial charge in [0.2, 0.25) is 0 Å². The summed E-state index contributed by atoms with van der Waals surface area (Å²) in [6, 6.07) is 15.4. The predicted molar refractivity (Wildman–Crippen MR) is 106 cm³/mol. The summed E-state index contributed by atoms with van der Waals surface area (Å²) in [7, 11) is 1.32. The lowest BCUT2D eigenvalue weighted by molar-refractivity contribution is -0.137. The van der Waals surface area contributed by atoms with Crippen molar-refractivity contribution >= 4 is 23.6 Å². The minimum atomic E-state index is -0.593. The second-order valence-corrected chi connectivity index (χ2v) is 6.94. The first-order valence-corrected chi connectivity index (χ1v) is 9.75. The van der Waals surface area contributed by atoms with Crippen molar-refractivity contribution in [1.82, 2.24) is 20.1 Å². The number of ether oxygens (including phenoxy) is 1. The molecular formula is C20H19FN4O3S. The van der Waals surface area contributed by atoms with Crippen LogP contribution < -0.4 is 5.32 Å². The van der Waals surface area contributed by atoms with E-state index in [-0.39, 0.29) is 23.8 Å². The van der Waals surface area contributed by atoms with Crippen LogP contribution in [0.1, 0.15) is 21.7 Å². The van der Waals surface area contributed by atoms with Gasteiger partial charge in [-0.05, 0) is 17.7 Å². The van der Waals surface area contributed by atoms with Crippen LogP contribution in [0.4, 0.5) is 4.39 Å². The van der Waals surface area contributed by atoms with Crippen molar-refractivity contribution in [2.75, 3.05) is 12.9 Å². The van der Waals surface area contributed by atoms with Crippen LogP contribution >= 0.6 is 11.8 Å². The first-order chi connectivity index (χ1) is 14.1. The second-order valence-electron chi connectivity index (χ2n) is 6.00. The Kier molecular flexibility index (Phi) is 6.96. The number of benzene rings is 2. The van der Waals surface area contributed by atoms with E-state index in [1.165, 1.54) is 37.1 Å². The Labute approximate surface area is 171 Å². The van der Waals surface area contributed by atoms with Crippen LogP contribution in [0.2, 0.25) is 0 Å². The fourth-order valence-corrected chi connectivity index (χ4v) is 3.35. The molecule has 0 unspecified atom stereocenters. The Morgan fingerprint density at radius 1 is 1.10 bits per heavy atom. The van der Waals surface area contributed by atoms with E-state index in [9.17, 15) is 14.0 Å². The van der Waals surface area contributed by atoms with Crippen molar-refractivity contribution in [1.29, 1.82) is 0 Å². The lowest BCUT2D eigenvalue weighted by Crippen LogP contribution is -2.26. The van der Waals surface area contributed by atoms with E-state index in [1.54, 1.807) is 6.07 Å². The molecule has 150 valence electrons. The van der Waals surface area contributed by atoms with E-state index in [4.69, 9.17) is 0 Å². The van der Waals surface area contributed by atoms with Gasteiger partial charge in [-0.1, -0.05) is 54.2 Å². The lowest BCUT2D eigenvalue weighted by Gasteiger charge is -2.11. The maximum atomic E-state index is 13.8. The number of hydrogen-bond acceptors (Lipinski definition) is 6. The molecule has 0 radical (unpaired) electrons. The van der Waals surface area contributed by atoms with Crippen LogP contribution in [0, 0.1) is 5.82 Å². The zero-order valence-corrected chi connectivity index (χ0v) is 16.5. The highest BCUT2D eigenvalue weighted by atomic mass is 32.2. The molecule has 0 aliphatic heterocycles. The van der Waals surface area contributed by atoms with E-state index in [0.717, 1.165) is 5.56 Å². The highest BCUT2D eigenvalue weighted by Crippen LogP contribution is 2.19. The van der Waals surface area contributed by atoms with Gasteiger partial charge in [0, 0.05) is 0 Å². The van der Waals surface area contributed by atoms with Gasteiger partial charge >= 0.3 is 5.97 Å². The monoisotopic (exact) mass is 414 g/mol. The highest BCUT2D eigenvalue weighted by molar-refractivity contribution is 7.99. The minimum Gasteiger partial charge on any atom is -0.468 e. The van der Waals surface area contributed by atoms with E-state index < -0.39 is 11.7 Å². The van der Waals surface area contributed by atoms with Crippen LogP contribution in [0.5, 0.6) is 0 Å². The molecule has 1 heterocycles. The number of amides is 1. The molecule has 0 aliphatic rings. The Balaban J connectivity index is 1.78. The highest BCUT2D eigenvalue weighted by Gasteiger charge is 2.17. The summed E-state index contributed by atoms with van der Waals surface area (Å²) in [6.45, 7) is 0.522. The van der Waals surface area contributed by atoms with Crippen molar-refractivity contribution in [2.24, 2.45) is 0 Å². The maximum Gasteiger partial charge on any atom is 0.316 e. The molecule has 0 saturated carbocycles. The van der Waals surface area contributed by atoms with Gasteiger partial charge in [0.1, 0.15) is 5.82 Å². The fraction of sp³-hybridized carbons (Fsp3) is 0.200. The minimum absolute atomic E-state index is 0.0399. The summed E-state index contributed by atoms with van der Waals surface area (Å²) >= 11 is 1.20. The van der Waals surface area contributed by atoms with Crippen LogP contribution in [-0.2, 0) is 22.6 Å². The third kappa shape index (κ3) is 5.41. The standard InChI is InChI=1S/C20H19FN4O3S/c1-28-18(26)13-29-20-24-23-17(25(20)12-14-7-3-2-4-8-14)11-22-19(27)15-9-5-6-10-16(15)21/h2-10H,11-13H2,1H3,(H,22,27). The zero-order chi connectivity index (χ0) is 20.6. The van der Waals surface area contributed by atoms with Gasteiger partial charge in [-0.2, -0.15) is 0 Å². The number of halogens is 1. The van der Waals surface area contributed by atoms with Gasteiger partial charge in [-0.3, -0.25) is 9.59 Å². The van der Waals surface area contributed by atoms with Crippen LogP contribution in [-0.4, -0.2) is 39.5 Å². The second kappa shape index (κ2) is 9.83. The first kappa shape index (κ1) is 20.5. The molecule has 0 saturated heterocycles. The molecule has 1 amide bonds. The number of aromatic nitrogens is 3. The van der Waals surface area contributed by atoms with E-state index in [2.05, 4.69) is 20.3 Å². The molecule has 3 rings (SSSR count). The molecule has 0 aliphatic carbocycles. The summed E-state index contributed by atoms with van der Waals surface area (Å²) in [5.41, 5.74) is 0.968. The number of nitrogens with one attached hydrogen (secondary N) is 1. The van der Waals surface area contributed by atoms with Gasteiger partial charge < -0.3 is 14.6 Å². The van der Waals surface area contributed by atoms with E-state index in [0.29, 0.717) is 17.5 Å². The van der Waals surface area contributed by atoms with E-state index in [1.807, 2.05) is 34.9 Å². The molecule has 0 spiro atoms. The lowest BCUT2D eigenvalue weighted by atomic mass is 10.2. The first-order valence-electron chi connectivity index (χ1n) is 8.77. The average Bonchev–Trinajstić information content (AvgIpc) is 3.12. The summed E-state index contributed by atoms with van der Waals surface area (Å²) in [5, 5.41) is 11.5. The normalized spacial score (nSPS) is 10.6. The van der Waals surface area contributed by atoms with Gasteiger partial charge in [-0.25, -0.2) is 4.39 Å². The smallest absolute Gasteiger partial charge is 0.316 e. The Morgan fingerprint density at radius 2 is 1.83 bits per heavy atom. The summed E-state index contributed by atoms with van der Waals surface area (Å²) in [5.74, 6) is -0.929. The van der Waals surface area contributed by atoms with Crippen LogP contribution in [0.15, 0.2) is 59.8 Å². The molecule has 9 heteroatoms. The number of carbonyl (C=O) groups excluding carboxylic acids is 2. The van der Waals surface area contributed by atoms with E-state index >= 15 is 0 Å². The third-order valence-electron chi connectivity index (χ3n) is 4.05. The Bertz CT molecular complexity index is 994.